The molecule has 0 amide bonds. The Morgan fingerprint density at radius 1 is 1.46 bits per heavy atom. The first-order chi connectivity index (χ1) is 6.19. The van der Waals surface area contributed by atoms with Crippen LogP contribution in [-0.4, -0.2) is 13.7 Å². The van der Waals surface area contributed by atoms with Gasteiger partial charge in [0.05, 0.1) is 7.11 Å². The number of methoxy groups -OCH3 is 1. The minimum absolute atomic E-state index is 0.421. The van der Waals surface area contributed by atoms with Crippen LogP contribution < -0.4 is 10.5 Å². The number of nitrogens with two attached hydrogens (primary N) is 1. The van der Waals surface area contributed by atoms with E-state index in [-0.39, 0.29) is 0 Å². The lowest BCUT2D eigenvalue weighted by Crippen LogP contribution is -2.08. The number of benzene rings is 1. The van der Waals surface area contributed by atoms with Crippen molar-refractivity contribution in [1.29, 1.82) is 0 Å². The largest absolute Gasteiger partial charge is 0.496 e. The summed E-state index contributed by atoms with van der Waals surface area (Å²) in [6.07, 6.45) is 0. The van der Waals surface area contributed by atoms with E-state index in [1.165, 1.54) is 11.1 Å². The average molecular weight is 179 g/mol. The van der Waals surface area contributed by atoms with Gasteiger partial charge in [-0.1, -0.05) is 19.1 Å². The second-order valence-electron chi connectivity index (χ2n) is 3.37. The SMILES string of the molecule is COc1ccc(C(C)CN)cc1C. The lowest BCUT2D eigenvalue weighted by atomic mass is 9.99. The van der Waals surface area contributed by atoms with Gasteiger partial charge in [-0.25, -0.2) is 0 Å². The van der Waals surface area contributed by atoms with Crippen molar-refractivity contribution in [3.63, 3.8) is 0 Å². The lowest BCUT2D eigenvalue weighted by molar-refractivity contribution is 0.411. The molecule has 1 aromatic carbocycles. The molecule has 2 N–H and O–H groups in total. The minimum Gasteiger partial charge on any atom is -0.496 e. The Morgan fingerprint density at radius 2 is 2.15 bits per heavy atom. The molecule has 0 bridgehead atoms. The molecule has 0 heterocycles. The van der Waals surface area contributed by atoms with E-state index < -0.39 is 0 Å². The van der Waals surface area contributed by atoms with Gasteiger partial charge < -0.3 is 10.5 Å². The third-order valence-corrected chi connectivity index (χ3v) is 2.34. The zero-order chi connectivity index (χ0) is 9.84. The van der Waals surface area contributed by atoms with Crippen LogP contribution in [0, 0.1) is 6.92 Å². The molecule has 1 rings (SSSR count). The van der Waals surface area contributed by atoms with Crippen LogP contribution in [-0.2, 0) is 0 Å². The van der Waals surface area contributed by atoms with Crippen LogP contribution in [0.15, 0.2) is 18.2 Å². The molecule has 0 saturated carbocycles. The zero-order valence-corrected chi connectivity index (χ0v) is 8.50. The maximum absolute atomic E-state index is 5.59. The minimum atomic E-state index is 0.421. The first kappa shape index (κ1) is 10.1. The van der Waals surface area contributed by atoms with E-state index >= 15 is 0 Å². The molecule has 2 heteroatoms. The number of ether oxygens (including phenoxy) is 1. The molecule has 0 aliphatic rings. The van der Waals surface area contributed by atoms with Crippen molar-refractivity contribution < 1.29 is 4.74 Å². The van der Waals surface area contributed by atoms with Crippen LogP contribution in [0.1, 0.15) is 24.0 Å². The molecule has 0 aromatic heterocycles. The van der Waals surface area contributed by atoms with Gasteiger partial charge in [-0.05, 0) is 36.6 Å². The van der Waals surface area contributed by atoms with E-state index in [0.717, 1.165) is 5.75 Å². The molecule has 0 radical (unpaired) electrons. The normalized spacial score (nSPS) is 12.6. The first-order valence-corrected chi connectivity index (χ1v) is 4.53. The highest BCUT2D eigenvalue weighted by molar-refractivity contribution is 5.37. The summed E-state index contributed by atoms with van der Waals surface area (Å²) in [4.78, 5) is 0. The highest BCUT2D eigenvalue weighted by Gasteiger charge is 2.05. The Morgan fingerprint density at radius 3 is 2.62 bits per heavy atom. The second-order valence-corrected chi connectivity index (χ2v) is 3.37. The third kappa shape index (κ3) is 2.22. The van der Waals surface area contributed by atoms with Gasteiger partial charge in [0.2, 0.25) is 0 Å². The summed E-state index contributed by atoms with van der Waals surface area (Å²) in [5, 5.41) is 0. The Hall–Kier alpha value is -1.02. The first-order valence-electron chi connectivity index (χ1n) is 4.53. The van der Waals surface area contributed by atoms with Crippen molar-refractivity contribution in [2.45, 2.75) is 19.8 Å². The summed E-state index contributed by atoms with van der Waals surface area (Å²) < 4.78 is 5.18. The summed E-state index contributed by atoms with van der Waals surface area (Å²) in [7, 11) is 1.69. The van der Waals surface area contributed by atoms with Crippen LogP contribution >= 0.6 is 0 Å². The fourth-order valence-electron chi connectivity index (χ4n) is 1.34. The van der Waals surface area contributed by atoms with Crippen LogP contribution in [0.5, 0.6) is 5.75 Å². The maximum atomic E-state index is 5.59. The summed E-state index contributed by atoms with van der Waals surface area (Å²) in [6, 6.07) is 6.20. The summed E-state index contributed by atoms with van der Waals surface area (Å²) >= 11 is 0. The molecule has 0 fully saturated rings. The average Bonchev–Trinajstić information content (AvgIpc) is 2.16. The van der Waals surface area contributed by atoms with Crippen molar-refractivity contribution >= 4 is 0 Å². The number of hydrogen-bond donors (Lipinski definition) is 1. The van der Waals surface area contributed by atoms with Crippen LogP contribution in [0.3, 0.4) is 0 Å². The molecule has 1 aromatic rings. The van der Waals surface area contributed by atoms with Crippen molar-refractivity contribution in [2.75, 3.05) is 13.7 Å². The van der Waals surface area contributed by atoms with E-state index in [1.54, 1.807) is 7.11 Å². The van der Waals surface area contributed by atoms with Gasteiger partial charge in [0.15, 0.2) is 0 Å². The van der Waals surface area contributed by atoms with E-state index in [9.17, 15) is 0 Å². The topological polar surface area (TPSA) is 35.2 Å². The number of rotatable bonds is 3. The Labute approximate surface area is 79.7 Å². The molecule has 0 aliphatic carbocycles. The maximum Gasteiger partial charge on any atom is 0.121 e. The highest BCUT2D eigenvalue weighted by atomic mass is 16.5. The van der Waals surface area contributed by atoms with E-state index in [0.29, 0.717) is 12.5 Å². The molecule has 0 saturated heterocycles. The molecule has 13 heavy (non-hydrogen) atoms. The van der Waals surface area contributed by atoms with Gasteiger partial charge in [0.25, 0.3) is 0 Å². The summed E-state index contributed by atoms with van der Waals surface area (Å²) in [6.45, 7) is 4.86. The molecule has 72 valence electrons. The van der Waals surface area contributed by atoms with Gasteiger partial charge >= 0.3 is 0 Å². The Kier molecular flexibility index (Phi) is 3.32. The standard InChI is InChI=1S/C11H17NO/c1-8-6-10(9(2)7-12)4-5-11(8)13-3/h4-6,9H,7,12H2,1-3H3. The van der Waals surface area contributed by atoms with Gasteiger partial charge in [-0.2, -0.15) is 0 Å². The van der Waals surface area contributed by atoms with Gasteiger partial charge in [-0.3, -0.25) is 0 Å². The molecule has 1 unspecified atom stereocenters. The van der Waals surface area contributed by atoms with Crippen molar-refractivity contribution in [1.82, 2.24) is 0 Å². The Bertz CT molecular complexity index is 283. The smallest absolute Gasteiger partial charge is 0.121 e. The van der Waals surface area contributed by atoms with E-state index in [4.69, 9.17) is 10.5 Å². The highest BCUT2D eigenvalue weighted by Crippen LogP contribution is 2.22. The monoisotopic (exact) mass is 179 g/mol. The molecular weight excluding hydrogens is 162 g/mol. The van der Waals surface area contributed by atoms with Crippen molar-refractivity contribution in [3.05, 3.63) is 29.3 Å². The number of aryl methyl sites for hydroxylation is 1. The van der Waals surface area contributed by atoms with Crippen molar-refractivity contribution in [2.24, 2.45) is 5.73 Å². The molecule has 0 aliphatic heterocycles. The fraction of sp³-hybridized carbons (Fsp3) is 0.455. The van der Waals surface area contributed by atoms with E-state index in [2.05, 4.69) is 19.1 Å². The molecule has 2 nitrogen and oxygen atoms in total. The summed E-state index contributed by atoms with van der Waals surface area (Å²) in [5.41, 5.74) is 8.04. The third-order valence-electron chi connectivity index (χ3n) is 2.34. The fourth-order valence-corrected chi connectivity index (χ4v) is 1.34. The molecular formula is C11H17NO. The van der Waals surface area contributed by atoms with Gasteiger partial charge in [0.1, 0.15) is 5.75 Å². The lowest BCUT2D eigenvalue weighted by Gasteiger charge is -2.11. The molecule has 0 spiro atoms. The molecule has 1 atom stereocenters. The predicted molar refractivity (Wildman–Crippen MR) is 55.2 cm³/mol. The predicted octanol–water partition coefficient (Wildman–Crippen LogP) is 2.07. The van der Waals surface area contributed by atoms with Crippen LogP contribution in [0.25, 0.3) is 0 Å². The quantitative estimate of drug-likeness (QED) is 0.771. The number of hydrogen-bond acceptors (Lipinski definition) is 2. The van der Waals surface area contributed by atoms with Crippen molar-refractivity contribution in [3.8, 4) is 5.75 Å². The van der Waals surface area contributed by atoms with E-state index in [1.807, 2.05) is 13.0 Å². The Balaban J connectivity index is 2.95. The van der Waals surface area contributed by atoms with Crippen LogP contribution in [0.2, 0.25) is 0 Å². The van der Waals surface area contributed by atoms with Gasteiger partial charge in [0, 0.05) is 0 Å². The van der Waals surface area contributed by atoms with Gasteiger partial charge in [-0.15, -0.1) is 0 Å². The zero-order valence-electron chi connectivity index (χ0n) is 8.50. The second kappa shape index (κ2) is 4.28. The van der Waals surface area contributed by atoms with Crippen LogP contribution in [0.4, 0.5) is 0 Å². The summed E-state index contributed by atoms with van der Waals surface area (Å²) in [5.74, 6) is 1.36.